The van der Waals surface area contributed by atoms with Gasteiger partial charge in [0.25, 0.3) is 5.91 Å². The van der Waals surface area contributed by atoms with Crippen molar-refractivity contribution in [2.45, 2.75) is 33.3 Å². The molecule has 1 aliphatic heterocycles. The monoisotopic (exact) mass is 408 g/mol. The van der Waals surface area contributed by atoms with Crippen LogP contribution in [-0.4, -0.2) is 36.2 Å². The van der Waals surface area contributed by atoms with Crippen molar-refractivity contribution in [3.8, 4) is 0 Å². The van der Waals surface area contributed by atoms with E-state index >= 15 is 0 Å². The van der Waals surface area contributed by atoms with Crippen molar-refractivity contribution in [1.82, 2.24) is 0 Å². The first-order valence-electron chi connectivity index (χ1n) is 9.74. The van der Waals surface area contributed by atoms with E-state index in [1.54, 1.807) is 29.2 Å². The summed E-state index contributed by atoms with van der Waals surface area (Å²) < 4.78 is 5.30. The van der Waals surface area contributed by atoms with Gasteiger partial charge in [-0.25, -0.2) is 0 Å². The third-order valence-corrected chi connectivity index (χ3v) is 5.03. The molecular weight excluding hydrogens is 384 g/mol. The number of esters is 1. The van der Waals surface area contributed by atoms with Crippen molar-refractivity contribution in [2.75, 3.05) is 16.8 Å². The van der Waals surface area contributed by atoms with Crippen LogP contribution in [0.15, 0.2) is 48.5 Å². The Labute approximate surface area is 175 Å². The fourth-order valence-electron chi connectivity index (χ4n) is 3.20. The molecule has 1 fully saturated rings. The number of ketones is 1. The molecule has 3 rings (SSSR count). The maximum atomic E-state index is 12.5. The molecule has 7 nitrogen and oxygen atoms in total. The number of amides is 2. The number of carbonyl (C=O) groups is 4. The van der Waals surface area contributed by atoms with Crippen LogP contribution in [0, 0.1) is 12.8 Å². The van der Waals surface area contributed by atoms with Gasteiger partial charge in [0.15, 0.2) is 11.9 Å². The fraction of sp³-hybridized carbons (Fsp3) is 0.304. The third-order valence-electron chi connectivity index (χ3n) is 5.03. The summed E-state index contributed by atoms with van der Waals surface area (Å²) in [7, 11) is 0. The molecule has 0 spiro atoms. The van der Waals surface area contributed by atoms with Gasteiger partial charge in [0.1, 0.15) is 0 Å². The largest absolute Gasteiger partial charge is 0.452 e. The molecule has 1 heterocycles. The molecule has 30 heavy (non-hydrogen) atoms. The quantitative estimate of drug-likeness (QED) is 0.586. The van der Waals surface area contributed by atoms with Crippen molar-refractivity contribution in [3.05, 3.63) is 59.7 Å². The summed E-state index contributed by atoms with van der Waals surface area (Å²) in [6.07, 6.45) is -0.971. The second-order valence-electron chi connectivity index (χ2n) is 7.44. The first-order chi connectivity index (χ1) is 14.2. The molecule has 0 aliphatic carbocycles. The number of nitrogens with zero attached hydrogens (tertiary/aromatic N) is 1. The molecule has 2 aromatic rings. The Morgan fingerprint density at radius 1 is 1.07 bits per heavy atom. The molecule has 2 aromatic carbocycles. The Balaban J connectivity index is 1.55. The zero-order valence-corrected chi connectivity index (χ0v) is 17.2. The molecule has 2 amide bonds. The Morgan fingerprint density at radius 2 is 1.70 bits per heavy atom. The van der Waals surface area contributed by atoms with E-state index in [4.69, 9.17) is 4.74 Å². The molecule has 0 aromatic heterocycles. The van der Waals surface area contributed by atoms with Crippen LogP contribution in [0.25, 0.3) is 0 Å². The average Bonchev–Trinajstić information content (AvgIpc) is 3.10. The molecule has 156 valence electrons. The van der Waals surface area contributed by atoms with E-state index in [1.165, 1.54) is 13.8 Å². The maximum Gasteiger partial charge on any atom is 0.312 e. The minimum absolute atomic E-state index is 0.0492. The van der Waals surface area contributed by atoms with Crippen molar-refractivity contribution in [3.63, 3.8) is 0 Å². The number of Topliss-reactive ketones (excluding diaryl/α,β-unsaturated/α-hetero) is 1. The van der Waals surface area contributed by atoms with Crippen LogP contribution in [0.5, 0.6) is 0 Å². The van der Waals surface area contributed by atoms with Gasteiger partial charge < -0.3 is 15.0 Å². The fourth-order valence-corrected chi connectivity index (χ4v) is 3.20. The number of carbonyl (C=O) groups excluding carboxylic acids is 4. The predicted molar refractivity (Wildman–Crippen MR) is 112 cm³/mol. The van der Waals surface area contributed by atoms with Crippen molar-refractivity contribution in [2.24, 2.45) is 5.92 Å². The number of benzene rings is 2. The number of aryl methyl sites for hydroxylation is 1. The zero-order valence-electron chi connectivity index (χ0n) is 17.2. The standard InChI is InChI=1S/C23H24N2O5/c1-14-4-10-20(11-5-14)25-13-18(12-21(25)27)23(29)30-16(3)22(28)24-19-8-6-17(7-9-19)15(2)26/h4-11,16,18H,12-13H2,1-3H3,(H,24,28)/t16-,18+/m1/s1. The van der Waals surface area contributed by atoms with Crippen molar-refractivity contribution >= 4 is 34.9 Å². The maximum absolute atomic E-state index is 12.5. The number of anilines is 2. The number of hydrogen-bond acceptors (Lipinski definition) is 5. The lowest BCUT2D eigenvalue weighted by molar-refractivity contribution is -0.157. The number of ether oxygens (including phenoxy) is 1. The van der Waals surface area contributed by atoms with E-state index in [1.807, 2.05) is 31.2 Å². The van der Waals surface area contributed by atoms with Gasteiger partial charge in [0.2, 0.25) is 5.91 Å². The summed E-state index contributed by atoms with van der Waals surface area (Å²) in [5.74, 6) is -1.90. The van der Waals surface area contributed by atoms with Crippen LogP contribution in [0.2, 0.25) is 0 Å². The van der Waals surface area contributed by atoms with Crippen LogP contribution < -0.4 is 10.2 Å². The number of nitrogens with one attached hydrogen (secondary N) is 1. The summed E-state index contributed by atoms with van der Waals surface area (Å²) >= 11 is 0. The Morgan fingerprint density at radius 3 is 2.30 bits per heavy atom. The van der Waals surface area contributed by atoms with Gasteiger partial charge in [-0.3, -0.25) is 19.2 Å². The van der Waals surface area contributed by atoms with Gasteiger partial charge >= 0.3 is 5.97 Å². The lowest BCUT2D eigenvalue weighted by Gasteiger charge is -2.18. The van der Waals surface area contributed by atoms with Gasteiger partial charge in [0, 0.05) is 29.9 Å². The second-order valence-corrected chi connectivity index (χ2v) is 7.44. The van der Waals surface area contributed by atoms with Crippen LogP contribution in [0.3, 0.4) is 0 Å². The summed E-state index contributed by atoms with van der Waals surface area (Å²) in [4.78, 5) is 50.0. The first kappa shape index (κ1) is 21.2. The minimum atomic E-state index is -1.02. The van der Waals surface area contributed by atoms with Gasteiger partial charge in [-0.15, -0.1) is 0 Å². The van der Waals surface area contributed by atoms with Crippen LogP contribution in [0.1, 0.15) is 36.2 Å². The highest BCUT2D eigenvalue weighted by Crippen LogP contribution is 2.26. The molecular formula is C23H24N2O5. The predicted octanol–water partition coefficient (Wildman–Crippen LogP) is 3.12. The molecule has 0 radical (unpaired) electrons. The Kier molecular flexibility index (Phi) is 6.30. The van der Waals surface area contributed by atoms with Gasteiger partial charge in [0.05, 0.1) is 5.92 Å². The van der Waals surface area contributed by atoms with Crippen molar-refractivity contribution < 1.29 is 23.9 Å². The Bertz CT molecular complexity index is 966. The SMILES string of the molecule is CC(=O)c1ccc(NC(=O)[C@@H](C)OC(=O)[C@H]2CC(=O)N(c3ccc(C)cc3)C2)cc1. The normalized spacial score (nSPS) is 16.8. The molecule has 2 atom stereocenters. The topological polar surface area (TPSA) is 92.8 Å². The van der Waals surface area contributed by atoms with Crippen LogP contribution in [0.4, 0.5) is 11.4 Å². The lowest BCUT2D eigenvalue weighted by atomic mass is 10.1. The summed E-state index contributed by atoms with van der Waals surface area (Å²) in [5.41, 5.74) is 2.85. The van der Waals surface area contributed by atoms with Gasteiger partial charge in [-0.1, -0.05) is 17.7 Å². The van der Waals surface area contributed by atoms with Crippen molar-refractivity contribution in [1.29, 1.82) is 0 Å². The molecule has 1 saturated heterocycles. The van der Waals surface area contributed by atoms with E-state index < -0.39 is 23.9 Å². The van der Waals surface area contributed by atoms with Crippen LogP contribution >= 0.6 is 0 Å². The third kappa shape index (κ3) is 4.92. The van der Waals surface area contributed by atoms with E-state index in [-0.39, 0.29) is 24.7 Å². The highest BCUT2D eigenvalue weighted by molar-refractivity contribution is 6.00. The van der Waals surface area contributed by atoms with E-state index in [9.17, 15) is 19.2 Å². The molecule has 0 unspecified atom stereocenters. The lowest BCUT2D eigenvalue weighted by Crippen LogP contribution is -2.33. The molecule has 0 bridgehead atoms. The smallest absolute Gasteiger partial charge is 0.312 e. The highest BCUT2D eigenvalue weighted by Gasteiger charge is 2.37. The van der Waals surface area contributed by atoms with Crippen LogP contribution in [-0.2, 0) is 19.1 Å². The molecule has 1 aliphatic rings. The summed E-state index contributed by atoms with van der Waals surface area (Å²) in [6.45, 7) is 5.12. The summed E-state index contributed by atoms with van der Waals surface area (Å²) in [5, 5.41) is 2.65. The molecule has 1 N–H and O–H groups in total. The molecule has 7 heteroatoms. The Hall–Kier alpha value is -3.48. The first-order valence-corrected chi connectivity index (χ1v) is 9.74. The van der Waals surface area contributed by atoms with E-state index in [2.05, 4.69) is 5.32 Å². The van der Waals surface area contributed by atoms with Gasteiger partial charge in [-0.2, -0.15) is 0 Å². The second kappa shape index (κ2) is 8.90. The van der Waals surface area contributed by atoms with Gasteiger partial charge in [-0.05, 0) is 57.2 Å². The molecule has 0 saturated carbocycles. The van der Waals surface area contributed by atoms with E-state index in [0.29, 0.717) is 11.3 Å². The number of rotatable bonds is 6. The highest BCUT2D eigenvalue weighted by atomic mass is 16.5. The summed E-state index contributed by atoms with van der Waals surface area (Å²) in [6, 6.07) is 13.9. The minimum Gasteiger partial charge on any atom is -0.452 e. The number of hydrogen-bond donors (Lipinski definition) is 1. The van der Waals surface area contributed by atoms with E-state index in [0.717, 1.165) is 11.3 Å². The zero-order chi connectivity index (χ0) is 21.8. The average molecular weight is 408 g/mol.